The molecule has 0 radical (unpaired) electrons. The first-order valence-corrected chi connectivity index (χ1v) is 5.60. The summed E-state index contributed by atoms with van der Waals surface area (Å²) in [7, 11) is -4.85. The van der Waals surface area contributed by atoms with E-state index in [9.17, 15) is 9.36 Å². The summed E-state index contributed by atoms with van der Waals surface area (Å²) >= 11 is 0. The van der Waals surface area contributed by atoms with Crippen LogP contribution in [0, 0.1) is 0 Å². The molecular weight excluding hydrogens is 327 g/mol. The van der Waals surface area contributed by atoms with Gasteiger partial charge in [0.15, 0.2) is 5.78 Å². The summed E-state index contributed by atoms with van der Waals surface area (Å²) in [5.41, 5.74) is 0. The molecule has 12 heteroatoms. The normalized spacial score (nSPS) is 15.9. The van der Waals surface area contributed by atoms with E-state index in [0.717, 1.165) is 0 Å². The minimum absolute atomic E-state index is 0. The molecule has 3 atom stereocenters. The van der Waals surface area contributed by atoms with Crippen molar-refractivity contribution in [2.24, 2.45) is 0 Å². The molecule has 0 aromatic heterocycles. The Morgan fingerprint density at radius 1 is 1.22 bits per heavy atom. The van der Waals surface area contributed by atoms with Gasteiger partial charge in [0.25, 0.3) is 0 Å². The maximum Gasteiger partial charge on any atom is 2.00 e. The molecule has 6 N–H and O–H groups in total. The maximum absolute atomic E-state index is 11.0. The number of ketones is 1. The molecule has 18 heavy (non-hydrogen) atoms. The third-order valence-corrected chi connectivity index (χ3v) is 2.08. The molecule has 0 spiro atoms. The fraction of sp³-hybridized carbons (Fsp3) is 0.833. The molecule has 0 saturated carbocycles. The molecule has 0 rings (SSSR count). The summed E-state index contributed by atoms with van der Waals surface area (Å²) in [5.74, 6) is -1.23. The molecule has 0 saturated heterocycles. The van der Waals surface area contributed by atoms with Gasteiger partial charge in [-0.25, -0.2) is 4.57 Å². The molecule has 9 nitrogen and oxygen atoms in total. The minimum Gasteiger partial charge on any atom is -1.00 e. The second kappa shape index (κ2) is 11.8. The number of hydrogen-bond acceptors (Lipinski definition) is 7. The molecule has 0 bridgehead atoms. The summed E-state index contributed by atoms with van der Waals surface area (Å²) in [5, 5.41) is 35.4. The van der Waals surface area contributed by atoms with Gasteiger partial charge in [-0.3, -0.25) is 9.32 Å². The molecule has 0 aliphatic heterocycles. The van der Waals surface area contributed by atoms with Crippen molar-refractivity contribution in [1.29, 1.82) is 0 Å². The smallest absolute Gasteiger partial charge is 1.00 e. The van der Waals surface area contributed by atoms with Crippen molar-refractivity contribution in [2.45, 2.75) is 18.3 Å². The van der Waals surface area contributed by atoms with Crippen LogP contribution in [0.15, 0.2) is 0 Å². The Kier molecular flexibility index (Phi) is 16.4. The fourth-order valence-electron chi connectivity index (χ4n) is 0.742. The third kappa shape index (κ3) is 10.9. The van der Waals surface area contributed by atoms with Crippen molar-refractivity contribution >= 4 is 89.1 Å². The summed E-state index contributed by atoms with van der Waals surface area (Å²) in [6, 6.07) is 0. The topological polar surface area (TPSA) is 165 Å². The molecule has 0 aliphatic rings. The van der Waals surface area contributed by atoms with Crippen LogP contribution in [-0.2, 0) is 13.9 Å². The maximum atomic E-state index is 11.0. The van der Waals surface area contributed by atoms with Crippen LogP contribution < -0.4 is 0 Å². The average Bonchev–Trinajstić information content (AvgIpc) is 2.21. The zero-order valence-corrected chi connectivity index (χ0v) is 14.7. The first-order valence-electron chi connectivity index (χ1n) is 4.07. The second-order valence-electron chi connectivity index (χ2n) is 2.92. The Labute approximate surface area is 168 Å². The predicted octanol–water partition coefficient (Wildman–Crippen LogP) is -3.57. The van der Waals surface area contributed by atoms with Gasteiger partial charge in [-0.05, 0) is 0 Å². The van der Waals surface area contributed by atoms with Gasteiger partial charge in [-0.15, -0.1) is 0 Å². The van der Waals surface area contributed by atoms with E-state index < -0.39 is 45.1 Å². The van der Waals surface area contributed by atoms with Gasteiger partial charge in [-0.2, -0.15) is 0 Å². The zero-order valence-electron chi connectivity index (χ0n) is 13.4. The van der Waals surface area contributed by atoms with Gasteiger partial charge in [0.05, 0.1) is 6.61 Å². The zero-order chi connectivity index (χ0) is 12.9. The monoisotopic (exact) mass is 344 g/mol. The molecule has 0 unspecified atom stereocenters. The molecule has 0 aromatic rings. The number of aliphatic hydroxyl groups is 4. The third-order valence-electron chi connectivity index (χ3n) is 1.61. The van der Waals surface area contributed by atoms with E-state index in [2.05, 4.69) is 4.52 Å². The summed E-state index contributed by atoms with van der Waals surface area (Å²) < 4.78 is 14.0. The quantitative estimate of drug-likeness (QED) is 0.202. The van der Waals surface area contributed by atoms with E-state index in [-0.39, 0.29) is 81.2 Å². The van der Waals surface area contributed by atoms with Gasteiger partial charge < -0.3 is 35.9 Å². The number of carbonyl (C=O) groups is 1. The molecular formula is C6H17Ca2O9P. The van der Waals surface area contributed by atoms with Gasteiger partial charge in [0.2, 0.25) is 0 Å². The summed E-state index contributed by atoms with van der Waals surface area (Å²) in [4.78, 5) is 27.5. The largest absolute Gasteiger partial charge is 2.00 e. The van der Waals surface area contributed by atoms with Gasteiger partial charge in [0.1, 0.15) is 24.9 Å². The van der Waals surface area contributed by atoms with Crippen LogP contribution in [0.1, 0.15) is 5.71 Å². The van der Waals surface area contributed by atoms with Crippen LogP contribution in [0.4, 0.5) is 0 Å². The van der Waals surface area contributed by atoms with Gasteiger partial charge in [-0.1, -0.05) is 0 Å². The van der Waals surface area contributed by atoms with E-state index >= 15 is 0 Å². The number of phosphoric acid groups is 1. The van der Waals surface area contributed by atoms with Crippen LogP contribution >= 0.6 is 7.82 Å². The summed E-state index contributed by atoms with van der Waals surface area (Å²) in [6.45, 7) is -2.01. The van der Waals surface area contributed by atoms with Gasteiger partial charge in [0, 0.05) is 0 Å². The molecule has 0 heterocycles. The molecule has 0 aliphatic carbocycles. The van der Waals surface area contributed by atoms with Gasteiger partial charge >= 0.3 is 83.3 Å². The molecule has 104 valence electrons. The number of Topliss-reactive ketones (excluding diaryl/α,β-unsaturated/α-hetero) is 1. The van der Waals surface area contributed by atoms with E-state index in [1.807, 2.05) is 0 Å². The van der Waals surface area contributed by atoms with Crippen molar-refractivity contribution < 1.29 is 49.8 Å². The van der Waals surface area contributed by atoms with Crippen molar-refractivity contribution in [3.05, 3.63) is 0 Å². The minimum atomic E-state index is -4.85. The Bertz CT molecular complexity index is 297. The number of aliphatic hydroxyl groups excluding tert-OH is 4. The first-order chi connectivity index (χ1) is 7.19. The van der Waals surface area contributed by atoms with E-state index in [0.29, 0.717) is 0 Å². The van der Waals surface area contributed by atoms with Crippen LogP contribution in [-0.4, -0.2) is 143 Å². The van der Waals surface area contributed by atoms with E-state index in [1.54, 1.807) is 0 Å². The van der Waals surface area contributed by atoms with Crippen molar-refractivity contribution in [3.8, 4) is 0 Å². The van der Waals surface area contributed by atoms with Crippen LogP contribution in [0.3, 0.4) is 0 Å². The Morgan fingerprint density at radius 3 is 2.00 bits per heavy atom. The molecule has 0 fully saturated rings. The van der Waals surface area contributed by atoms with Crippen molar-refractivity contribution in [3.63, 3.8) is 0 Å². The van der Waals surface area contributed by atoms with E-state index in [4.69, 9.17) is 30.2 Å². The van der Waals surface area contributed by atoms with Crippen LogP contribution in [0.5, 0.6) is 0 Å². The number of hydrogen-bond donors (Lipinski definition) is 6. The number of carbonyl (C=O) groups excluding carboxylic acids is 1. The summed E-state index contributed by atoms with van der Waals surface area (Å²) in [6.07, 6.45) is -5.81. The van der Waals surface area contributed by atoms with Crippen molar-refractivity contribution in [2.75, 3.05) is 13.2 Å². The number of phosphoric ester groups is 1. The van der Waals surface area contributed by atoms with Crippen LogP contribution in [0.2, 0.25) is 0 Å². The van der Waals surface area contributed by atoms with E-state index in [1.165, 1.54) is 0 Å². The molecule has 0 aromatic carbocycles. The second-order valence-corrected chi connectivity index (χ2v) is 4.16. The van der Waals surface area contributed by atoms with Crippen molar-refractivity contribution in [1.82, 2.24) is 0 Å². The standard InChI is InChI=1S/C6H13O9P.2Ca.4H/c7-1-3(8)5(10)6(11)4(9)2-15-16(12,13)14;;;;;;/h3,5-8,10-11H,1-2H2,(H2,12,13,14);;;;;;/q;2*+2;4*-1/t3-,5+,6+;;;;;;/m1....../s1. The molecule has 0 amide bonds. The Hall–Kier alpha value is 2.14. The average molecular weight is 344 g/mol. The first kappa shape index (κ1) is 25.1. The Balaban J connectivity index is -0.0000000750. The SMILES string of the molecule is O=C(COP(=O)(O)O)[C@H](O)[C@@H](O)[C@H](O)CO.[Ca+2].[Ca+2].[H-].[H-].[H-].[H-]. The van der Waals surface area contributed by atoms with Crippen LogP contribution in [0.25, 0.3) is 0 Å². The predicted molar refractivity (Wildman–Crippen MR) is 64.1 cm³/mol. The number of rotatable bonds is 7. The Morgan fingerprint density at radius 2 is 1.67 bits per heavy atom. The fourth-order valence-corrected chi connectivity index (χ4v) is 1.04.